The van der Waals surface area contributed by atoms with E-state index < -0.39 is 12.8 Å². The van der Waals surface area contributed by atoms with E-state index in [0.717, 1.165) is 11.3 Å². The Morgan fingerprint density at radius 1 is 1.24 bits per heavy atom. The van der Waals surface area contributed by atoms with Gasteiger partial charge in [0.25, 0.3) is 0 Å². The van der Waals surface area contributed by atoms with Crippen molar-refractivity contribution in [3.8, 4) is 11.5 Å². The largest absolute Gasteiger partial charge is 0.493 e. The summed E-state index contributed by atoms with van der Waals surface area (Å²) in [6, 6.07) is 8.17. The molecule has 9 heteroatoms. The smallest absolute Gasteiger partial charge is 0.422 e. The van der Waals surface area contributed by atoms with E-state index >= 15 is 0 Å². The molecule has 0 aliphatic carbocycles. The van der Waals surface area contributed by atoms with Crippen molar-refractivity contribution < 1.29 is 31.9 Å². The predicted molar refractivity (Wildman–Crippen MR) is 101 cm³/mol. The summed E-state index contributed by atoms with van der Waals surface area (Å²) in [5, 5.41) is 2.88. The van der Waals surface area contributed by atoms with Crippen LogP contribution in [0.15, 0.2) is 41.0 Å². The number of ether oxygens (including phenoxy) is 2. The number of halogens is 3. The number of carbonyl (C=O) groups excluding carboxylic acids is 1. The molecule has 1 N–H and O–H groups in total. The number of alkyl halides is 3. The Bertz CT molecular complexity index is 777. The van der Waals surface area contributed by atoms with Gasteiger partial charge >= 0.3 is 6.18 Å². The summed E-state index contributed by atoms with van der Waals surface area (Å²) < 4.78 is 52.2. The van der Waals surface area contributed by atoms with Crippen molar-refractivity contribution >= 4 is 5.91 Å². The van der Waals surface area contributed by atoms with Crippen molar-refractivity contribution in [3.05, 3.63) is 47.9 Å². The maximum absolute atomic E-state index is 12.3. The van der Waals surface area contributed by atoms with E-state index in [2.05, 4.69) is 5.32 Å². The highest BCUT2D eigenvalue weighted by Crippen LogP contribution is 2.30. The third-order valence-electron chi connectivity index (χ3n) is 4.25. The second-order valence-electron chi connectivity index (χ2n) is 6.69. The summed E-state index contributed by atoms with van der Waals surface area (Å²) in [5.41, 5.74) is 0.756. The van der Waals surface area contributed by atoms with E-state index in [0.29, 0.717) is 13.0 Å². The van der Waals surface area contributed by atoms with Crippen LogP contribution in [0, 0.1) is 0 Å². The number of hydrogen-bond donors (Lipinski definition) is 1. The SMILES string of the molecule is COc1cc(CCC(=O)NCC(c2ccco2)N(C)C)ccc1OCC(F)(F)F. The number of nitrogens with one attached hydrogen (secondary N) is 1. The quantitative estimate of drug-likeness (QED) is 0.644. The van der Waals surface area contributed by atoms with Gasteiger partial charge in [-0.15, -0.1) is 0 Å². The average molecular weight is 414 g/mol. The molecule has 160 valence electrons. The van der Waals surface area contributed by atoms with Gasteiger partial charge in [0.2, 0.25) is 5.91 Å². The number of hydrogen-bond acceptors (Lipinski definition) is 5. The molecule has 0 spiro atoms. The van der Waals surface area contributed by atoms with Crippen molar-refractivity contribution in [1.29, 1.82) is 0 Å². The molecule has 29 heavy (non-hydrogen) atoms. The molecule has 2 aromatic rings. The van der Waals surface area contributed by atoms with Crippen LogP contribution in [0.1, 0.15) is 23.8 Å². The molecule has 6 nitrogen and oxygen atoms in total. The van der Waals surface area contributed by atoms with Gasteiger partial charge in [0.1, 0.15) is 5.76 Å². The van der Waals surface area contributed by atoms with Crippen LogP contribution in [0.4, 0.5) is 13.2 Å². The third-order valence-corrected chi connectivity index (χ3v) is 4.25. The molecular weight excluding hydrogens is 389 g/mol. The van der Waals surface area contributed by atoms with Crippen molar-refractivity contribution in [2.24, 2.45) is 0 Å². The van der Waals surface area contributed by atoms with E-state index in [4.69, 9.17) is 13.9 Å². The van der Waals surface area contributed by atoms with Crippen molar-refractivity contribution in [1.82, 2.24) is 10.2 Å². The Kier molecular flexibility index (Phi) is 7.95. The summed E-state index contributed by atoms with van der Waals surface area (Å²) in [6.45, 7) is -0.999. The molecule has 0 saturated heterocycles. The number of carbonyl (C=O) groups is 1. The minimum Gasteiger partial charge on any atom is -0.493 e. The van der Waals surface area contributed by atoms with Crippen LogP contribution < -0.4 is 14.8 Å². The fourth-order valence-electron chi connectivity index (χ4n) is 2.72. The van der Waals surface area contributed by atoms with Crippen LogP contribution in [-0.4, -0.2) is 51.3 Å². The first-order valence-electron chi connectivity index (χ1n) is 9.02. The zero-order chi connectivity index (χ0) is 21.4. The van der Waals surface area contributed by atoms with E-state index in [1.807, 2.05) is 25.1 Å². The first kappa shape index (κ1) is 22.6. The third kappa shape index (κ3) is 7.34. The van der Waals surface area contributed by atoms with Crippen LogP contribution in [-0.2, 0) is 11.2 Å². The van der Waals surface area contributed by atoms with Gasteiger partial charge in [0.15, 0.2) is 18.1 Å². The number of aryl methyl sites for hydroxylation is 1. The molecule has 0 aliphatic heterocycles. The highest BCUT2D eigenvalue weighted by atomic mass is 19.4. The second-order valence-corrected chi connectivity index (χ2v) is 6.69. The zero-order valence-electron chi connectivity index (χ0n) is 16.6. The fourth-order valence-corrected chi connectivity index (χ4v) is 2.72. The van der Waals surface area contributed by atoms with E-state index in [1.54, 1.807) is 24.5 Å². The molecule has 1 aromatic heterocycles. The lowest BCUT2D eigenvalue weighted by atomic mass is 10.1. The molecule has 1 unspecified atom stereocenters. The fraction of sp³-hybridized carbons (Fsp3) is 0.450. The number of methoxy groups -OCH3 is 1. The van der Waals surface area contributed by atoms with Crippen LogP contribution in [0.2, 0.25) is 0 Å². The Morgan fingerprint density at radius 2 is 2.00 bits per heavy atom. The molecule has 1 aromatic carbocycles. The monoisotopic (exact) mass is 414 g/mol. The highest BCUT2D eigenvalue weighted by molar-refractivity contribution is 5.76. The molecule has 0 bridgehead atoms. The molecule has 0 aliphatic rings. The highest BCUT2D eigenvalue weighted by Gasteiger charge is 2.29. The van der Waals surface area contributed by atoms with Crippen LogP contribution in [0.5, 0.6) is 11.5 Å². The molecule has 0 fully saturated rings. The van der Waals surface area contributed by atoms with Gasteiger partial charge in [-0.3, -0.25) is 9.69 Å². The number of amides is 1. The normalized spacial score (nSPS) is 12.7. The molecule has 1 atom stereocenters. The zero-order valence-corrected chi connectivity index (χ0v) is 16.6. The molecule has 0 saturated carbocycles. The van der Waals surface area contributed by atoms with Gasteiger partial charge in [0, 0.05) is 13.0 Å². The number of likely N-dealkylation sites (N-methyl/N-ethyl adjacent to an activating group) is 1. The van der Waals surface area contributed by atoms with Crippen molar-refractivity contribution in [3.63, 3.8) is 0 Å². The van der Waals surface area contributed by atoms with Crippen LogP contribution in [0.3, 0.4) is 0 Å². The lowest BCUT2D eigenvalue weighted by Crippen LogP contribution is -2.34. The summed E-state index contributed by atoms with van der Waals surface area (Å²) in [7, 11) is 5.14. The maximum Gasteiger partial charge on any atom is 0.422 e. The van der Waals surface area contributed by atoms with Crippen molar-refractivity contribution in [2.45, 2.75) is 25.1 Å². The molecule has 1 heterocycles. The molecular formula is C20H25F3N2O4. The topological polar surface area (TPSA) is 63.9 Å². The van der Waals surface area contributed by atoms with E-state index in [9.17, 15) is 18.0 Å². The minimum absolute atomic E-state index is 0.00491. The number of nitrogens with zero attached hydrogens (tertiary/aromatic N) is 1. The summed E-state index contributed by atoms with van der Waals surface area (Å²) in [5.74, 6) is 0.817. The number of rotatable bonds is 10. The predicted octanol–water partition coefficient (Wildman–Crippen LogP) is 3.58. The minimum atomic E-state index is -4.43. The van der Waals surface area contributed by atoms with E-state index in [-0.39, 0.29) is 29.9 Å². The van der Waals surface area contributed by atoms with Gasteiger partial charge < -0.3 is 19.2 Å². The van der Waals surface area contributed by atoms with Crippen LogP contribution in [0.25, 0.3) is 0 Å². The molecule has 1 amide bonds. The van der Waals surface area contributed by atoms with Gasteiger partial charge in [-0.25, -0.2) is 0 Å². The van der Waals surface area contributed by atoms with Gasteiger partial charge in [-0.2, -0.15) is 13.2 Å². The standard InChI is InChI=1S/C20H25F3N2O4/c1-25(2)15(16-5-4-10-28-16)12-24-19(26)9-7-14-6-8-17(18(11-14)27-3)29-13-20(21,22)23/h4-6,8,10-11,15H,7,9,12-13H2,1-3H3,(H,24,26). The first-order chi connectivity index (χ1) is 13.7. The Labute approximate surface area is 167 Å². The number of benzene rings is 1. The molecule has 0 radical (unpaired) electrons. The van der Waals surface area contributed by atoms with Gasteiger partial charge in [-0.1, -0.05) is 6.07 Å². The second kappa shape index (κ2) is 10.2. The van der Waals surface area contributed by atoms with Crippen molar-refractivity contribution in [2.75, 3.05) is 34.4 Å². The summed E-state index contributed by atoms with van der Waals surface area (Å²) >= 11 is 0. The first-order valence-corrected chi connectivity index (χ1v) is 9.02. The lowest BCUT2D eigenvalue weighted by Gasteiger charge is -2.22. The van der Waals surface area contributed by atoms with Gasteiger partial charge in [-0.05, 0) is 50.3 Å². The average Bonchev–Trinajstić information content (AvgIpc) is 3.18. The Hall–Kier alpha value is -2.68. The van der Waals surface area contributed by atoms with Crippen LogP contribution >= 0.6 is 0 Å². The lowest BCUT2D eigenvalue weighted by molar-refractivity contribution is -0.153. The summed E-state index contributed by atoms with van der Waals surface area (Å²) in [6.07, 6.45) is -2.20. The number of furan rings is 1. The van der Waals surface area contributed by atoms with Gasteiger partial charge in [0.05, 0.1) is 19.4 Å². The maximum atomic E-state index is 12.3. The Morgan fingerprint density at radius 3 is 2.59 bits per heavy atom. The van der Waals surface area contributed by atoms with E-state index in [1.165, 1.54) is 13.2 Å². The Balaban J connectivity index is 1.87. The summed E-state index contributed by atoms with van der Waals surface area (Å²) in [4.78, 5) is 14.2. The molecule has 2 rings (SSSR count).